The van der Waals surface area contributed by atoms with Gasteiger partial charge in [0.25, 0.3) is 0 Å². The molecule has 148 valence electrons. The van der Waals surface area contributed by atoms with E-state index in [0.717, 1.165) is 0 Å². The van der Waals surface area contributed by atoms with Crippen LogP contribution in [0.2, 0.25) is 0 Å². The van der Waals surface area contributed by atoms with E-state index in [4.69, 9.17) is 9.26 Å². The molecule has 0 spiro atoms. The molecule has 0 aliphatic rings. The lowest BCUT2D eigenvalue weighted by atomic mass is 10.0. The summed E-state index contributed by atoms with van der Waals surface area (Å²) >= 11 is 3.15. The van der Waals surface area contributed by atoms with Crippen LogP contribution in [0, 0.1) is 5.82 Å². The third-order valence-corrected chi connectivity index (χ3v) is 6.68. The second-order valence-electron chi connectivity index (χ2n) is 6.26. The number of nitrogens with zero attached hydrogens (tertiary/aromatic N) is 2. The van der Waals surface area contributed by atoms with Crippen LogP contribution in [0.25, 0.3) is 22.0 Å². The topological polar surface area (TPSA) is 82.3 Å². The molecular weight excluding hydrogens is 463 g/mol. The number of hydrogen-bond donors (Lipinski definition) is 0. The van der Waals surface area contributed by atoms with Crippen molar-refractivity contribution in [3.63, 3.8) is 0 Å². The summed E-state index contributed by atoms with van der Waals surface area (Å²) in [5.41, 5.74) is 1.29. The summed E-state index contributed by atoms with van der Waals surface area (Å²) < 4.78 is 49.9. The van der Waals surface area contributed by atoms with Crippen LogP contribution in [-0.2, 0) is 15.6 Å². The summed E-state index contributed by atoms with van der Waals surface area (Å²) in [5, 5.41) is 4.99. The van der Waals surface area contributed by atoms with Crippen LogP contribution in [0.4, 0.5) is 4.39 Å². The maximum Gasteiger partial charge on any atom is 0.184 e. The number of methoxy groups -OCH3 is 1. The SMILES string of the molecule is COc1cc(Br)c(F)cc1-c1nccc2cc(S(=O)(=O)Cc3ccon3)ccc12. The lowest BCUT2D eigenvalue weighted by Crippen LogP contribution is -2.05. The normalized spacial score (nSPS) is 11.7. The molecule has 0 saturated carbocycles. The first kappa shape index (κ1) is 19.5. The van der Waals surface area contributed by atoms with Crippen molar-refractivity contribution in [1.29, 1.82) is 0 Å². The molecule has 9 heteroatoms. The predicted molar refractivity (Wildman–Crippen MR) is 109 cm³/mol. The smallest absolute Gasteiger partial charge is 0.184 e. The Kier molecular flexibility index (Phi) is 5.10. The van der Waals surface area contributed by atoms with E-state index >= 15 is 0 Å². The third-order valence-electron chi connectivity index (χ3n) is 4.42. The van der Waals surface area contributed by atoms with Crippen molar-refractivity contribution in [2.45, 2.75) is 10.6 Å². The molecule has 0 saturated heterocycles. The van der Waals surface area contributed by atoms with Crippen molar-refractivity contribution >= 4 is 36.5 Å². The van der Waals surface area contributed by atoms with Gasteiger partial charge in [-0.05, 0) is 51.6 Å². The monoisotopic (exact) mass is 476 g/mol. The fraction of sp³-hybridized carbons (Fsp3) is 0.100. The van der Waals surface area contributed by atoms with Gasteiger partial charge in [-0.3, -0.25) is 4.98 Å². The Morgan fingerprint density at radius 3 is 2.72 bits per heavy atom. The Morgan fingerprint density at radius 1 is 1.17 bits per heavy atom. The van der Waals surface area contributed by atoms with E-state index in [0.29, 0.717) is 33.5 Å². The molecule has 2 aromatic carbocycles. The zero-order valence-electron chi connectivity index (χ0n) is 15.1. The quantitative estimate of drug-likeness (QED) is 0.412. The zero-order chi connectivity index (χ0) is 20.6. The van der Waals surface area contributed by atoms with Gasteiger partial charge in [-0.15, -0.1) is 0 Å². The molecule has 29 heavy (non-hydrogen) atoms. The molecule has 0 amide bonds. The van der Waals surface area contributed by atoms with Crippen molar-refractivity contribution in [3.8, 4) is 17.0 Å². The van der Waals surface area contributed by atoms with Gasteiger partial charge in [-0.25, -0.2) is 12.8 Å². The minimum atomic E-state index is -3.61. The Bertz CT molecular complexity index is 1310. The predicted octanol–water partition coefficient (Wildman–Crippen LogP) is 4.77. The molecule has 4 aromatic rings. The summed E-state index contributed by atoms with van der Waals surface area (Å²) in [6, 6.07) is 10.8. The fourth-order valence-electron chi connectivity index (χ4n) is 3.04. The van der Waals surface area contributed by atoms with Crippen molar-refractivity contribution in [1.82, 2.24) is 10.1 Å². The molecule has 0 unspecified atom stereocenters. The van der Waals surface area contributed by atoms with E-state index in [1.807, 2.05) is 0 Å². The Balaban J connectivity index is 1.83. The fourth-order valence-corrected chi connectivity index (χ4v) is 4.65. The van der Waals surface area contributed by atoms with Gasteiger partial charge in [-0.2, -0.15) is 0 Å². The van der Waals surface area contributed by atoms with E-state index in [2.05, 4.69) is 26.1 Å². The molecule has 2 aromatic heterocycles. The number of halogens is 2. The highest BCUT2D eigenvalue weighted by molar-refractivity contribution is 9.10. The van der Waals surface area contributed by atoms with Crippen molar-refractivity contribution in [2.75, 3.05) is 7.11 Å². The van der Waals surface area contributed by atoms with Crippen LogP contribution in [0.5, 0.6) is 5.75 Å². The average molecular weight is 477 g/mol. The van der Waals surface area contributed by atoms with E-state index in [9.17, 15) is 12.8 Å². The number of aromatic nitrogens is 2. The maximum absolute atomic E-state index is 14.2. The van der Waals surface area contributed by atoms with Crippen molar-refractivity contribution < 1.29 is 22.1 Å². The second-order valence-corrected chi connectivity index (χ2v) is 9.10. The molecular formula is C20H14BrFN2O4S. The van der Waals surface area contributed by atoms with Gasteiger partial charge in [0.1, 0.15) is 23.6 Å². The first-order chi connectivity index (χ1) is 13.9. The first-order valence-electron chi connectivity index (χ1n) is 8.43. The summed E-state index contributed by atoms with van der Waals surface area (Å²) in [6.45, 7) is 0. The van der Waals surface area contributed by atoms with Gasteiger partial charge >= 0.3 is 0 Å². The Labute approximate surface area is 174 Å². The van der Waals surface area contributed by atoms with Gasteiger partial charge in [-0.1, -0.05) is 11.2 Å². The molecule has 0 bridgehead atoms. The van der Waals surface area contributed by atoms with E-state index < -0.39 is 15.7 Å². The Hall–Kier alpha value is -2.78. The van der Waals surface area contributed by atoms with Gasteiger partial charge in [0, 0.05) is 23.2 Å². The van der Waals surface area contributed by atoms with Gasteiger partial charge in [0.2, 0.25) is 0 Å². The summed E-state index contributed by atoms with van der Waals surface area (Å²) in [6.07, 6.45) is 2.87. The molecule has 0 aliphatic heterocycles. The molecule has 0 N–H and O–H groups in total. The third kappa shape index (κ3) is 3.75. The Morgan fingerprint density at radius 2 is 2.00 bits per heavy atom. The lowest BCUT2D eigenvalue weighted by Gasteiger charge is -2.12. The zero-order valence-corrected chi connectivity index (χ0v) is 17.5. The highest BCUT2D eigenvalue weighted by Gasteiger charge is 2.19. The number of sulfone groups is 1. The average Bonchev–Trinajstić information content (AvgIpc) is 3.21. The minimum absolute atomic E-state index is 0.152. The summed E-state index contributed by atoms with van der Waals surface area (Å²) in [7, 11) is -2.12. The standard InChI is InChI=1S/C20H14BrFN2O4S/c1-27-19-10-17(21)18(22)9-16(19)20-15-3-2-14(8-12(15)4-6-23-20)29(25,26)11-13-5-7-28-24-13/h2-10H,11H2,1H3. The van der Waals surface area contributed by atoms with Crippen molar-refractivity contribution in [2.24, 2.45) is 0 Å². The number of rotatable bonds is 5. The number of benzene rings is 2. The molecule has 0 atom stereocenters. The van der Waals surface area contributed by atoms with Crippen LogP contribution in [0.3, 0.4) is 0 Å². The van der Waals surface area contributed by atoms with Crippen LogP contribution >= 0.6 is 15.9 Å². The highest BCUT2D eigenvalue weighted by atomic mass is 79.9. The number of pyridine rings is 1. The van der Waals surface area contributed by atoms with E-state index in [-0.39, 0.29) is 15.1 Å². The van der Waals surface area contributed by atoms with Crippen LogP contribution in [-0.4, -0.2) is 25.7 Å². The van der Waals surface area contributed by atoms with Gasteiger partial charge in [0.15, 0.2) is 9.84 Å². The van der Waals surface area contributed by atoms with Gasteiger partial charge < -0.3 is 9.26 Å². The van der Waals surface area contributed by atoms with E-state index in [1.165, 1.54) is 37.6 Å². The number of ether oxygens (including phenoxy) is 1. The highest BCUT2D eigenvalue weighted by Crippen LogP contribution is 2.37. The lowest BCUT2D eigenvalue weighted by molar-refractivity contribution is 0.413. The first-order valence-corrected chi connectivity index (χ1v) is 10.9. The minimum Gasteiger partial charge on any atom is -0.496 e. The molecule has 0 fully saturated rings. The second kappa shape index (κ2) is 7.57. The van der Waals surface area contributed by atoms with Crippen LogP contribution in [0.1, 0.15) is 5.69 Å². The maximum atomic E-state index is 14.2. The number of hydrogen-bond acceptors (Lipinski definition) is 6. The van der Waals surface area contributed by atoms with Gasteiger partial charge in [0.05, 0.1) is 27.9 Å². The van der Waals surface area contributed by atoms with Crippen LogP contribution in [0.15, 0.2) is 68.8 Å². The van der Waals surface area contributed by atoms with Crippen molar-refractivity contribution in [3.05, 3.63) is 70.9 Å². The van der Waals surface area contributed by atoms with Crippen LogP contribution < -0.4 is 4.74 Å². The van der Waals surface area contributed by atoms with E-state index in [1.54, 1.807) is 24.4 Å². The molecule has 2 heterocycles. The summed E-state index contributed by atoms with van der Waals surface area (Å²) in [5.74, 6) is -0.272. The molecule has 6 nitrogen and oxygen atoms in total. The molecule has 0 aliphatic carbocycles. The number of fused-ring (bicyclic) bond motifs is 1. The summed E-state index contributed by atoms with van der Waals surface area (Å²) in [4.78, 5) is 4.53. The largest absolute Gasteiger partial charge is 0.496 e. The molecule has 0 radical (unpaired) electrons. The molecule has 4 rings (SSSR count).